The van der Waals surface area contributed by atoms with E-state index in [1.54, 1.807) is 29.2 Å². The molecule has 1 saturated heterocycles. The molecule has 166 valence electrons. The van der Waals surface area contributed by atoms with Crippen LogP contribution in [0.1, 0.15) is 19.4 Å². The van der Waals surface area contributed by atoms with E-state index >= 15 is 0 Å². The standard InChI is InChI=1S/C22H30N6O3/c1-22(2,31)20(30)27-7-9-28(10-8-27)21-24-13-18(14-25-21)17-6-4-5-16(11-17)15-26(3)19(29)12-23/h4-6,11,13-14,31H,7-10,12,15,23H2,1-3H3. The molecular weight excluding hydrogens is 396 g/mol. The number of amides is 2. The Morgan fingerprint density at radius 2 is 1.77 bits per heavy atom. The molecular formula is C22H30N6O3. The van der Waals surface area contributed by atoms with Crippen molar-refractivity contribution in [2.45, 2.75) is 26.0 Å². The number of nitrogens with zero attached hydrogens (tertiary/aromatic N) is 5. The molecule has 0 saturated carbocycles. The summed E-state index contributed by atoms with van der Waals surface area (Å²) in [5, 5.41) is 9.91. The Balaban J connectivity index is 1.64. The van der Waals surface area contributed by atoms with Crippen LogP contribution in [-0.2, 0) is 16.1 Å². The minimum absolute atomic E-state index is 0.00826. The average molecular weight is 427 g/mol. The summed E-state index contributed by atoms with van der Waals surface area (Å²) in [6, 6.07) is 7.90. The Labute approximate surface area is 182 Å². The van der Waals surface area contributed by atoms with Crippen LogP contribution >= 0.6 is 0 Å². The molecule has 31 heavy (non-hydrogen) atoms. The zero-order chi connectivity index (χ0) is 22.6. The first-order chi connectivity index (χ1) is 14.7. The van der Waals surface area contributed by atoms with Gasteiger partial charge in [-0.2, -0.15) is 0 Å². The van der Waals surface area contributed by atoms with Crippen LogP contribution in [0.15, 0.2) is 36.7 Å². The van der Waals surface area contributed by atoms with E-state index in [0.29, 0.717) is 38.7 Å². The molecule has 2 amide bonds. The van der Waals surface area contributed by atoms with E-state index in [1.807, 2.05) is 29.2 Å². The first-order valence-corrected chi connectivity index (χ1v) is 10.3. The third-order valence-electron chi connectivity index (χ3n) is 5.29. The lowest BCUT2D eigenvalue weighted by molar-refractivity contribution is -0.148. The van der Waals surface area contributed by atoms with Crippen molar-refractivity contribution in [2.75, 3.05) is 44.7 Å². The van der Waals surface area contributed by atoms with Gasteiger partial charge in [0.1, 0.15) is 5.60 Å². The topological polar surface area (TPSA) is 116 Å². The number of anilines is 1. The summed E-state index contributed by atoms with van der Waals surface area (Å²) in [7, 11) is 1.73. The third-order valence-corrected chi connectivity index (χ3v) is 5.29. The molecule has 1 fully saturated rings. The fourth-order valence-electron chi connectivity index (χ4n) is 3.50. The van der Waals surface area contributed by atoms with Crippen LogP contribution < -0.4 is 10.6 Å². The van der Waals surface area contributed by atoms with Gasteiger partial charge in [-0.15, -0.1) is 0 Å². The predicted molar refractivity (Wildman–Crippen MR) is 118 cm³/mol. The Morgan fingerprint density at radius 3 is 2.35 bits per heavy atom. The first kappa shape index (κ1) is 22.6. The summed E-state index contributed by atoms with van der Waals surface area (Å²) in [5.74, 6) is 0.244. The summed E-state index contributed by atoms with van der Waals surface area (Å²) in [5.41, 5.74) is 6.92. The molecule has 2 aromatic rings. The highest BCUT2D eigenvalue weighted by molar-refractivity contribution is 5.84. The quantitative estimate of drug-likeness (QED) is 0.690. The second-order valence-electron chi connectivity index (χ2n) is 8.26. The van der Waals surface area contributed by atoms with Gasteiger partial charge in [-0.1, -0.05) is 18.2 Å². The van der Waals surface area contributed by atoms with Crippen molar-refractivity contribution >= 4 is 17.8 Å². The van der Waals surface area contributed by atoms with Gasteiger partial charge in [0, 0.05) is 57.7 Å². The van der Waals surface area contributed by atoms with Gasteiger partial charge >= 0.3 is 0 Å². The number of aromatic nitrogens is 2. The van der Waals surface area contributed by atoms with Crippen molar-refractivity contribution in [3.8, 4) is 11.1 Å². The van der Waals surface area contributed by atoms with Gasteiger partial charge in [0.05, 0.1) is 6.54 Å². The van der Waals surface area contributed by atoms with Gasteiger partial charge in [0.25, 0.3) is 5.91 Å². The SMILES string of the molecule is CN(Cc1cccc(-c2cnc(N3CCN(C(=O)C(C)(C)O)CC3)nc2)c1)C(=O)CN. The second kappa shape index (κ2) is 9.40. The van der Waals surface area contributed by atoms with Gasteiger partial charge in [-0.3, -0.25) is 9.59 Å². The molecule has 0 aliphatic carbocycles. The van der Waals surface area contributed by atoms with Crippen LogP contribution in [-0.4, -0.2) is 82.1 Å². The van der Waals surface area contributed by atoms with Crippen molar-refractivity contribution in [1.82, 2.24) is 19.8 Å². The summed E-state index contributed by atoms with van der Waals surface area (Å²) in [4.78, 5) is 38.2. The molecule has 1 aromatic heterocycles. The Kier molecular flexibility index (Phi) is 6.87. The van der Waals surface area contributed by atoms with Crippen LogP contribution in [0.3, 0.4) is 0 Å². The van der Waals surface area contributed by atoms with E-state index in [2.05, 4.69) is 9.97 Å². The fraction of sp³-hybridized carbons (Fsp3) is 0.455. The number of carbonyl (C=O) groups is 2. The Hall–Kier alpha value is -3.04. The molecule has 9 nitrogen and oxygen atoms in total. The second-order valence-corrected chi connectivity index (χ2v) is 8.26. The highest BCUT2D eigenvalue weighted by Gasteiger charge is 2.31. The van der Waals surface area contributed by atoms with E-state index in [1.165, 1.54) is 13.8 Å². The summed E-state index contributed by atoms with van der Waals surface area (Å²) in [6.07, 6.45) is 3.56. The number of benzene rings is 1. The van der Waals surface area contributed by atoms with Crippen LogP contribution in [0.4, 0.5) is 5.95 Å². The lowest BCUT2D eigenvalue weighted by Crippen LogP contribution is -2.54. The Bertz CT molecular complexity index is 918. The number of hydrogen-bond donors (Lipinski definition) is 2. The first-order valence-electron chi connectivity index (χ1n) is 10.3. The average Bonchev–Trinajstić information content (AvgIpc) is 2.77. The van der Waals surface area contributed by atoms with Crippen molar-refractivity contribution in [1.29, 1.82) is 0 Å². The molecule has 2 heterocycles. The highest BCUT2D eigenvalue weighted by Crippen LogP contribution is 2.22. The summed E-state index contributed by atoms with van der Waals surface area (Å²) >= 11 is 0. The molecule has 1 aromatic carbocycles. The largest absolute Gasteiger partial charge is 0.381 e. The van der Waals surface area contributed by atoms with Crippen molar-refractivity contribution < 1.29 is 14.7 Å². The van der Waals surface area contributed by atoms with Gasteiger partial charge in [0.15, 0.2) is 0 Å². The number of aliphatic hydroxyl groups is 1. The molecule has 0 bridgehead atoms. The molecule has 0 atom stereocenters. The number of nitrogens with two attached hydrogens (primary N) is 1. The van der Waals surface area contributed by atoms with Crippen molar-refractivity contribution in [3.05, 3.63) is 42.2 Å². The lowest BCUT2D eigenvalue weighted by atomic mass is 10.1. The lowest BCUT2D eigenvalue weighted by Gasteiger charge is -2.37. The molecule has 1 aliphatic rings. The number of piperazine rings is 1. The van der Waals surface area contributed by atoms with Crippen LogP contribution in [0.5, 0.6) is 0 Å². The van der Waals surface area contributed by atoms with E-state index in [4.69, 9.17) is 5.73 Å². The van der Waals surface area contributed by atoms with E-state index < -0.39 is 5.60 Å². The van der Waals surface area contributed by atoms with Gasteiger partial charge < -0.3 is 25.5 Å². The third kappa shape index (κ3) is 5.56. The number of carbonyl (C=O) groups excluding carboxylic acids is 2. The molecule has 3 rings (SSSR count). The molecule has 0 radical (unpaired) electrons. The monoisotopic (exact) mass is 426 g/mol. The Morgan fingerprint density at radius 1 is 1.13 bits per heavy atom. The molecule has 9 heteroatoms. The highest BCUT2D eigenvalue weighted by atomic mass is 16.3. The zero-order valence-electron chi connectivity index (χ0n) is 18.3. The maximum Gasteiger partial charge on any atom is 0.254 e. The molecule has 0 spiro atoms. The van der Waals surface area contributed by atoms with Gasteiger partial charge in [0.2, 0.25) is 11.9 Å². The fourth-order valence-corrected chi connectivity index (χ4v) is 3.50. The molecule has 1 aliphatic heterocycles. The van der Waals surface area contributed by atoms with Crippen molar-refractivity contribution in [2.24, 2.45) is 5.73 Å². The van der Waals surface area contributed by atoms with Crippen molar-refractivity contribution in [3.63, 3.8) is 0 Å². The normalized spacial score (nSPS) is 14.5. The number of likely N-dealkylation sites (N-methyl/N-ethyl adjacent to an activating group) is 1. The minimum atomic E-state index is -1.36. The number of rotatable bonds is 6. The van der Waals surface area contributed by atoms with E-state index in [9.17, 15) is 14.7 Å². The van der Waals surface area contributed by atoms with Crippen LogP contribution in [0.2, 0.25) is 0 Å². The number of hydrogen-bond acceptors (Lipinski definition) is 7. The predicted octanol–water partition coefficient (Wildman–Crippen LogP) is 0.480. The van der Waals surface area contributed by atoms with Crippen LogP contribution in [0.25, 0.3) is 11.1 Å². The van der Waals surface area contributed by atoms with E-state index in [-0.39, 0.29) is 18.4 Å². The maximum absolute atomic E-state index is 12.2. The summed E-state index contributed by atoms with van der Waals surface area (Å²) < 4.78 is 0. The minimum Gasteiger partial charge on any atom is -0.381 e. The van der Waals surface area contributed by atoms with E-state index in [0.717, 1.165) is 16.7 Å². The molecule has 0 unspecified atom stereocenters. The summed E-state index contributed by atoms with van der Waals surface area (Å²) in [6.45, 7) is 5.74. The van der Waals surface area contributed by atoms with Gasteiger partial charge in [-0.05, 0) is 31.0 Å². The molecule has 3 N–H and O–H groups in total. The zero-order valence-corrected chi connectivity index (χ0v) is 18.3. The van der Waals surface area contributed by atoms with Gasteiger partial charge in [-0.25, -0.2) is 9.97 Å². The smallest absolute Gasteiger partial charge is 0.254 e. The maximum atomic E-state index is 12.2. The van der Waals surface area contributed by atoms with Crippen LogP contribution in [0, 0.1) is 0 Å².